The van der Waals surface area contributed by atoms with Gasteiger partial charge in [0.25, 0.3) is 11.8 Å². The van der Waals surface area contributed by atoms with Crippen LogP contribution >= 0.6 is 23.1 Å². The number of benzene rings is 4. The lowest BCUT2D eigenvalue weighted by Gasteiger charge is -2.27. The van der Waals surface area contributed by atoms with E-state index < -0.39 is 0 Å². The number of hydrogen-bond donors (Lipinski definition) is 1. The molecule has 6 nitrogen and oxygen atoms in total. The standard InChI is InChI=1S/C30H25N3O3S2/c34-28(24-10-3-4-11-25(24)29(35)33-14-16-36-17-15-33)31-22-12-13-26-27(18-22)38-30(32-26)37-19-21-8-5-7-20-6-1-2-9-23(20)21/h1-13,18H,14-17,19H2,(H,31,34). The fraction of sp³-hybridized carbons (Fsp3) is 0.167. The maximum Gasteiger partial charge on any atom is 0.256 e. The van der Waals surface area contributed by atoms with Gasteiger partial charge in [0.05, 0.1) is 34.6 Å². The lowest BCUT2D eigenvalue weighted by Crippen LogP contribution is -2.41. The molecule has 1 aliphatic rings. The van der Waals surface area contributed by atoms with Gasteiger partial charge in [0.15, 0.2) is 4.34 Å². The largest absolute Gasteiger partial charge is 0.378 e. The first kappa shape index (κ1) is 24.6. The van der Waals surface area contributed by atoms with Gasteiger partial charge in [0.2, 0.25) is 0 Å². The van der Waals surface area contributed by atoms with Crippen LogP contribution in [0.15, 0.2) is 89.3 Å². The Morgan fingerprint density at radius 1 is 0.921 bits per heavy atom. The number of nitrogens with zero attached hydrogens (tertiary/aromatic N) is 2. The van der Waals surface area contributed by atoms with Crippen LogP contribution in [0.2, 0.25) is 0 Å². The molecule has 2 amide bonds. The van der Waals surface area contributed by atoms with Crippen LogP contribution in [0.1, 0.15) is 26.3 Å². The van der Waals surface area contributed by atoms with Crippen molar-refractivity contribution in [3.63, 3.8) is 0 Å². The molecule has 1 fully saturated rings. The molecule has 2 heterocycles. The summed E-state index contributed by atoms with van der Waals surface area (Å²) in [5.74, 6) is 0.375. The third-order valence-electron chi connectivity index (χ3n) is 6.56. The molecule has 1 N–H and O–H groups in total. The Labute approximate surface area is 228 Å². The van der Waals surface area contributed by atoms with Gasteiger partial charge in [-0.1, -0.05) is 66.4 Å². The van der Waals surface area contributed by atoms with Crippen molar-refractivity contribution in [3.05, 3.63) is 102 Å². The van der Waals surface area contributed by atoms with Crippen molar-refractivity contribution < 1.29 is 14.3 Å². The molecular weight excluding hydrogens is 514 g/mol. The number of rotatable bonds is 6. The molecule has 1 aromatic heterocycles. The Morgan fingerprint density at radius 3 is 2.55 bits per heavy atom. The van der Waals surface area contributed by atoms with E-state index in [0.29, 0.717) is 43.1 Å². The zero-order chi connectivity index (χ0) is 25.9. The second-order valence-electron chi connectivity index (χ2n) is 8.99. The monoisotopic (exact) mass is 539 g/mol. The average molecular weight is 540 g/mol. The molecule has 190 valence electrons. The number of carbonyl (C=O) groups is 2. The number of thioether (sulfide) groups is 1. The van der Waals surface area contributed by atoms with Crippen LogP contribution in [0.4, 0.5) is 5.69 Å². The number of aromatic nitrogens is 1. The van der Waals surface area contributed by atoms with Gasteiger partial charge in [-0.2, -0.15) is 0 Å². The van der Waals surface area contributed by atoms with Crippen molar-refractivity contribution >= 4 is 61.6 Å². The molecule has 38 heavy (non-hydrogen) atoms. The summed E-state index contributed by atoms with van der Waals surface area (Å²) in [5, 5.41) is 5.48. The van der Waals surface area contributed by atoms with E-state index in [-0.39, 0.29) is 11.8 Å². The molecule has 0 unspecified atom stereocenters. The molecular formula is C30H25N3O3S2. The molecule has 0 spiro atoms. The number of nitrogens with one attached hydrogen (secondary N) is 1. The summed E-state index contributed by atoms with van der Waals surface area (Å²) in [4.78, 5) is 32.8. The van der Waals surface area contributed by atoms with Crippen molar-refractivity contribution in [2.24, 2.45) is 0 Å². The highest BCUT2D eigenvalue weighted by Gasteiger charge is 2.23. The highest BCUT2D eigenvalue weighted by Crippen LogP contribution is 2.34. The fourth-order valence-corrected chi connectivity index (χ4v) is 6.72. The van der Waals surface area contributed by atoms with Crippen molar-refractivity contribution in [2.45, 2.75) is 10.1 Å². The predicted molar refractivity (Wildman–Crippen MR) is 154 cm³/mol. The molecule has 4 aromatic carbocycles. The zero-order valence-electron chi connectivity index (χ0n) is 20.6. The lowest BCUT2D eigenvalue weighted by molar-refractivity contribution is 0.0302. The molecule has 8 heteroatoms. The summed E-state index contributed by atoms with van der Waals surface area (Å²) in [5.41, 5.74) is 3.62. The molecule has 0 saturated carbocycles. The van der Waals surface area contributed by atoms with E-state index in [1.807, 2.05) is 18.2 Å². The van der Waals surface area contributed by atoms with E-state index >= 15 is 0 Å². The van der Waals surface area contributed by atoms with Gasteiger partial charge < -0.3 is 15.0 Å². The van der Waals surface area contributed by atoms with Gasteiger partial charge in [-0.25, -0.2) is 4.98 Å². The van der Waals surface area contributed by atoms with E-state index in [4.69, 9.17) is 9.72 Å². The van der Waals surface area contributed by atoms with Crippen molar-refractivity contribution in [1.29, 1.82) is 0 Å². The van der Waals surface area contributed by atoms with Gasteiger partial charge in [-0.05, 0) is 46.7 Å². The molecule has 1 saturated heterocycles. The number of anilines is 1. The maximum atomic E-state index is 13.2. The summed E-state index contributed by atoms with van der Waals surface area (Å²) in [6.45, 7) is 2.07. The predicted octanol–water partition coefficient (Wildman–Crippen LogP) is 6.47. The topological polar surface area (TPSA) is 71.5 Å². The van der Waals surface area contributed by atoms with Crippen LogP contribution in [-0.4, -0.2) is 48.0 Å². The molecule has 5 aromatic rings. The molecule has 0 bridgehead atoms. The van der Waals surface area contributed by atoms with Crippen LogP contribution in [0, 0.1) is 0 Å². The first-order valence-corrected chi connectivity index (χ1v) is 14.2. The average Bonchev–Trinajstić information content (AvgIpc) is 3.38. The Hall–Kier alpha value is -3.72. The SMILES string of the molecule is O=C(Nc1ccc2nc(SCc3cccc4ccccc34)sc2c1)c1ccccc1C(=O)N1CCOCC1. The Morgan fingerprint density at radius 2 is 1.68 bits per heavy atom. The highest BCUT2D eigenvalue weighted by molar-refractivity contribution is 8.00. The summed E-state index contributed by atoms with van der Waals surface area (Å²) < 4.78 is 7.34. The van der Waals surface area contributed by atoms with Crippen LogP contribution in [0.3, 0.4) is 0 Å². The van der Waals surface area contributed by atoms with E-state index in [1.165, 1.54) is 16.3 Å². The Kier molecular flexibility index (Phi) is 7.09. The van der Waals surface area contributed by atoms with Gasteiger partial charge in [-0.15, -0.1) is 11.3 Å². The van der Waals surface area contributed by atoms with Crippen LogP contribution in [0.5, 0.6) is 0 Å². The minimum Gasteiger partial charge on any atom is -0.378 e. The van der Waals surface area contributed by atoms with E-state index in [9.17, 15) is 9.59 Å². The van der Waals surface area contributed by atoms with E-state index in [1.54, 1.807) is 52.3 Å². The van der Waals surface area contributed by atoms with Crippen LogP contribution in [0.25, 0.3) is 21.0 Å². The number of thiazole rings is 1. The molecule has 1 aliphatic heterocycles. The summed E-state index contributed by atoms with van der Waals surface area (Å²) in [7, 11) is 0. The van der Waals surface area contributed by atoms with Gasteiger partial charge in [-0.3, -0.25) is 9.59 Å². The summed E-state index contributed by atoms with van der Waals surface area (Å²) in [6, 6.07) is 27.5. The molecule has 6 rings (SSSR count). The van der Waals surface area contributed by atoms with E-state index in [0.717, 1.165) is 20.3 Å². The highest BCUT2D eigenvalue weighted by atomic mass is 32.2. The van der Waals surface area contributed by atoms with Crippen LogP contribution < -0.4 is 5.32 Å². The second kappa shape index (κ2) is 10.9. The lowest BCUT2D eigenvalue weighted by atomic mass is 10.0. The number of amides is 2. The molecule has 0 atom stereocenters. The zero-order valence-corrected chi connectivity index (χ0v) is 22.2. The number of carbonyl (C=O) groups excluding carboxylic acids is 2. The van der Waals surface area contributed by atoms with Crippen molar-refractivity contribution in [3.8, 4) is 0 Å². The van der Waals surface area contributed by atoms with Crippen LogP contribution in [-0.2, 0) is 10.5 Å². The maximum absolute atomic E-state index is 13.2. The number of hydrogen-bond acceptors (Lipinski definition) is 6. The number of fused-ring (bicyclic) bond motifs is 2. The third kappa shape index (κ3) is 5.15. The van der Waals surface area contributed by atoms with Crippen molar-refractivity contribution in [1.82, 2.24) is 9.88 Å². The second-order valence-corrected chi connectivity index (χ2v) is 11.2. The number of morpholine rings is 1. The minimum atomic E-state index is -0.309. The van der Waals surface area contributed by atoms with Gasteiger partial charge in [0.1, 0.15) is 0 Å². The van der Waals surface area contributed by atoms with Gasteiger partial charge in [0, 0.05) is 24.5 Å². The normalized spacial score (nSPS) is 13.6. The first-order chi connectivity index (χ1) is 18.7. The quantitative estimate of drug-likeness (QED) is 0.251. The fourth-order valence-electron chi connectivity index (χ4n) is 4.60. The Bertz CT molecular complexity index is 1640. The third-order valence-corrected chi connectivity index (χ3v) is 8.77. The minimum absolute atomic E-state index is 0.148. The summed E-state index contributed by atoms with van der Waals surface area (Å²) >= 11 is 3.33. The number of ether oxygens (including phenoxy) is 1. The first-order valence-electron chi connectivity index (χ1n) is 12.4. The van der Waals surface area contributed by atoms with E-state index in [2.05, 4.69) is 47.8 Å². The van der Waals surface area contributed by atoms with Crippen molar-refractivity contribution in [2.75, 3.05) is 31.6 Å². The molecule has 0 radical (unpaired) electrons. The molecule has 0 aliphatic carbocycles. The Balaban J connectivity index is 1.17. The van der Waals surface area contributed by atoms with Gasteiger partial charge >= 0.3 is 0 Å². The summed E-state index contributed by atoms with van der Waals surface area (Å²) in [6.07, 6.45) is 0. The smallest absolute Gasteiger partial charge is 0.256 e.